The number of hydrogen-bond acceptors (Lipinski definition) is 2. The zero-order chi connectivity index (χ0) is 12.7. The van der Waals surface area contributed by atoms with Crippen molar-refractivity contribution >= 4 is 0 Å². The van der Waals surface area contributed by atoms with Gasteiger partial charge in [-0.2, -0.15) is 5.10 Å². The van der Waals surface area contributed by atoms with E-state index in [4.69, 9.17) is 5.73 Å². The van der Waals surface area contributed by atoms with E-state index in [2.05, 4.69) is 18.1 Å². The maximum atomic E-state index is 6.48. The second kappa shape index (κ2) is 4.69. The molecule has 0 radical (unpaired) electrons. The Kier molecular flexibility index (Phi) is 3.18. The number of aryl methyl sites for hydroxylation is 2. The Bertz CT molecular complexity index is 423. The first kappa shape index (κ1) is 12.2. The smallest absolute Gasteiger partial charge is 0.0624 e. The minimum absolute atomic E-state index is 0.334. The van der Waals surface area contributed by atoms with Crippen LogP contribution in [0.25, 0.3) is 0 Å². The van der Waals surface area contributed by atoms with Crippen molar-refractivity contribution in [2.24, 2.45) is 30.5 Å². The normalized spacial score (nSPS) is 32.1. The van der Waals surface area contributed by atoms with Gasteiger partial charge in [0.15, 0.2) is 0 Å². The molecule has 1 aromatic rings. The van der Waals surface area contributed by atoms with Crippen molar-refractivity contribution in [1.82, 2.24) is 9.78 Å². The van der Waals surface area contributed by atoms with Crippen molar-refractivity contribution in [1.29, 1.82) is 0 Å². The SMILES string of the molecule is CCc1cc(CC(N)C2CC3CCC2C3)n(C)n1. The average molecular weight is 247 g/mol. The van der Waals surface area contributed by atoms with E-state index in [-0.39, 0.29) is 0 Å². The summed E-state index contributed by atoms with van der Waals surface area (Å²) in [7, 11) is 2.04. The lowest BCUT2D eigenvalue weighted by molar-refractivity contribution is 0.278. The summed E-state index contributed by atoms with van der Waals surface area (Å²) in [6.07, 6.45) is 7.72. The van der Waals surface area contributed by atoms with Crippen molar-refractivity contribution < 1.29 is 0 Å². The molecule has 2 N–H and O–H groups in total. The van der Waals surface area contributed by atoms with Gasteiger partial charge in [-0.25, -0.2) is 0 Å². The number of hydrogen-bond donors (Lipinski definition) is 1. The fourth-order valence-electron chi connectivity index (χ4n) is 4.15. The summed E-state index contributed by atoms with van der Waals surface area (Å²) in [4.78, 5) is 0. The van der Waals surface area contributed by atoms with Crippen LogP contribution in [0.4, 0.5) is 0 Å². The number of nitrogens with two attached hydrogens (primary N) is 1. The van der Waals surface area contributed by atoms with Gasteiger partial charge in [-0.3, -0.25) is 4.68 Å². The second-order valence-corrected chi connectivity index (χ2v) is 6.31. The zero-order valence-corrected chi connectivity index (χ0v) is 11.6. The summed E-state index contributed by atoms with van der Waals surface area (Å²) in [5.41, 5.74) is 8.97. The topological polar surface area (TPSA) is 43.8 Å². The van der Waals surface area contributed by atoms with Crippen LogP contribution in [0.3, 0.4) is 0 Å². The largest absolute Gasteiger partial charge is 0.327 e. The Morgan fingerprint density at radius 3 is 2.83 bits per heavy atom. The summed E-state index contributed by atoms with van der Waals surface area (Å²) < 4.78 is 2.02. The molecule has 2 saturated carbocycles. The molecule has 100 valence electrons. The van der Waals surface area contributed by atoms with Crippen LogP contribution in [0.2, 0.25) is 0 Å². The monoisotopic (exact) mass is 247 g/mol. The van der Waals surface area contributed by atoms with Gasteiger partial charge in [-0.1, -0.05) is 13.3 Å². The summed E-state index contributed by atoms with van der Waals surface area (Å²) in [6.45, 7) is 2.15. The third-order valence-corrected chi connectivity index (χ3v) is 5.18. The van der Waals surface area contributed by atoms with Gasteiger partial charge in [0.25, 0.3) is 0 Å². The van der Waals surface area contributed by atoms with Crippen LogP contribution in [0, 0.1) is 17.8 Å². The van der Waals surface area contributed by atoms with Gasteiger partial charge in [-0.05, 0) is 49.5 Å². The number of aromatic nitrogens is 2. The Morgan fingerprint density at radius 1 is 1.44 bits per heavy atom. The van der Waals surface area contributed by atoms with Gasteiger partial charge in [0, 0.05) is 25.2 Å². The van der Waals surface area contributed by atoms with E-state index in [1.807, 2.05) is 11.7 Å². The van der Waals surface area contributed by atoms with E-state index in [1.54, 1.807) is 0 Å². The van der Waals surface area contributed by atoms with Crippen molar-refractivity contribution in [2.75, 3.05) is 0 Å². The molecular weight excluding hydrogens is 222 g/mol. The number of nitrogens with zero attached hydrogens (tertiary/aromatic N) is 2. The summed E-state index contributed by atoms with van der Waals surface area (Å²) in [5, 5.41) is 4.52. The Hall–Kier alpha value is -0.830. The predicted octanol–water partition coefficient (Wildman–Crippen LogP) is 2.29. The fraction of sp³-hybridized carbons (Fsp3) is 0.800. The first-order valence-corrected chi connectivity index (χ1v) is 7.44. The van der Waals surface area contributed by atoms with Gasteiger partial charge < -0.3 is 5.73 Å². The number of rotatable bonds is 4. The molecule has 3 heteroatoms. The molecule has 1 aromatic heterocycles. The van der Waals surface area contributed by atoms with E-state index in [0.717, 1.165) is 30.6 Å². The molecule has 2 fully saturated rings. The third-order valence-electron chi connectivity index (χ3n) is 5.18. The molecule has 3 rings (SSSR count). The Labute approximate surface area is 110 Å². The van der Waals surface area contributed by atoms with Crippen LogP contribution in [0.5, 0.6) is 0 Å². The van der Waals surface area contributed by atoms with E-state index in [0.29, 0.717) is 6.04 Å². The molecule has 0 spiro atoms. The highest BCUT2D eigenvalue weighted by molar-refractivity contribution is 5.12. The molecule has 2 aliphatic carbocycles. The molecule has 0 aliphatic heterocycles. The Morgan fingerprint density at radius 2 is 2.28 bits per heavy atom. The molecule has 0 aromatic carbocycles. The highest BCUT2D eigenvalue weighted by Crippen LogP contribution is 2.49. The summed E-state index contributed by atoms with van der Waals surface area (Å²) >= 11 is 0. The molecule has 4 unspecified atom stereocenters. The lowest BCUT2D eigenvalue weighted by Crippen LogP contribution is -2.36. The molecule has 18 heavy (non-hydrogen) atoms. The van der Waals surface area contributed by atoms with Crippen molar-refractivity contribution in [2.45, 2.75) is 51.5 Å². The van der Waals surface area contributed by atoms with Crippen LogP contribution in [0.15, 0.2) is 6.07 Å². The van der Waals surface area contributed by atoms with E-state index in [1.165, 1.54) is 37.1 Å². The lowest BCUT2D eigenvalue weighted by Gasteiger charge is -2.27. The highest BCUT2D eigenvalue weighted by Gasteiger charge is 2.42. The lowest BCUT2D eigenvalue weighted by atomic mass is 9.82. The van der Waals surface area contributed by atoms with Gasteiger partial charge >= 0.3 is 0 Å². The van der Waals surface area contributed by atoms with E-state index < -0.39 is 0 Å². The van der Waals surface area contributed by atoms with Gasteiger partial charge in [0.1, 0.15) is 0 Å². The average Bonchev–Trinajstić information content (AvgIpc) is 3.05. The summed E-state index contributed by atoms with van der Waals surface area (Å²) in [6, 6.07) is 2.56. The molecule has 4 atom stereocenters. The molecule has 2 bridgehead atoms. The van der Waals surface area contributed by atoms with Gasteiger partial charge in [0.2, 0.25) is 0 Å². The van der Waals surface area contributed by atoms with E-state index in [9.17, 15) is 0 Å². The first-order valence-electron chi connectivity index (χ1n) is 7.44. The minimum Gasteiger partial charge on any atom is -0.327 e. The maximum absolute atomic E-state index is 6.48. The quantitative estimate of drug-likeness (QED) is 0.887. The third kappa shape index (κ3) is 2.09. The minimum atomic E-state index is 0.334. The molecule has 2 aliphatic rings. The standard InChI is InChI=1S/C15H25N3/c1-3-12-8-13(18(2)17-12)9-15(16)14-7-10-4-5-11(14)6-10/h8,10-11,14-15H,3-7,9,16H2,1-2H3. The van der Waals surface area contributed by atoms with E-state index >= 15 is 0 Å². The summed E-state index contributed by atoms with van der Waals surface area (Å²) in [5.74, 6) is 2.68. The number of fused-ring (bicyclic) bond motifs is 2. The van der Waals surface area contributed by atoms with Crippen molar-refractivity contribution in [3.8, 4) is 0 Å². The van der Waals surface area contributed by atoms with Gasteiger partial charge in [0.05, 0.1) is 5.69 Å². The van der Waals surface area contributed by atoms with Gasteiger partial charge in [-0.15, -0.1) is 0 Å². The maximum Gasteiger partial charge on any atom is 0.0624 e. The first-order chi connectivity index (χ1) is 8.67. The van der Waals surface area contributed by atoms with Crippen LogP contribution < -0.4 is 5.73 Å². The highest BCUT2D eigenvalue weighted by atomic mass is 15.3. The van der Waals surface area contributed by atoms with Crippen LogP contribution >= 0.6 is 0 Å². The van der Waals surface area contributed by atoms with Crippen molar-refractivity contribution in [3.05, 3.63) is 17.5 Å². The van der Waals surface area contributed by atoms with Crippen molar-refractivity contribution in [3.63, 3.8) is 0 Å². The van der Waals surface area contributed by atoms with Crippen LogP contribution in [0.1, 0.15) is 44.0 Å². The zero-order valence-electron chi connectivity index (χ0n) is 11.6. The molecule has 0 amide bonds. The van der Waals surface area contributed by atoms with Crippen LogP contribution in [-0.4, -0.2) is 15.8 Å². The second-order valence-electron chi connectivity index (χ2n) is 6.31. The fourth-order valence-corrected chi connectivity index (χ4v) is 4.15. The van der Waals surface area contributed by atoms with Crippen LogP contribution in [-0.2, 0) is 19.9 Å². The predicted molar refractivity (Wildman–Crippen MR) is 73.2 cm³/mol. The molecule has 1 heterocycles. The Balaban J connectivity index is 1.66. The molecule has 3 nitrogen and oxygen atoms in total. The molecule has 0 saturated heterocycles. The molecular formula is C15H25N3.